The summed E-state index contributed by atoms with van der Waals surface area (Å²) in [7, 11) is 1.34. The number of rotatable bonds is 4. The van der Waals surface area contributed by atoms with Crippen LogP contribution in [0.4, 0.5) is 0 Å². The average molecular weight is 261 g/mol. The third-order valence-corrected chi connectivity index (χ3v) is 2.74. The van der Waals surface area contributed by atoms with Crippen LogP contribution in [0.25, 0.3) is 0 Å². The fourth-order valence-electron chi connectivity index (χ4n) is 1.86. The fourth-order valence-corrected chi connectivity index (χ4v) is 1.86. The highest BCUT2D eigenvalue weighted by molar-refractivity contribution is 5.78. The summed E-state index contributed by atoms with van der Waals surface area (Å²) in [5.41, 5.74) is 0.728. The minimum atomic E-state index is -0.614. The Bertz CT molecular complexity index is 507. The van der Waals surface area contributed by atoms with Crippen LogP contribution in [0, 0.1) is 12.3 Å². The molecule has 0 aliphatic carbocycles. The summed E-state index contributed by atoms with van der Waals surface area (Å²) in [5, 5.41) is 2.94. The normalized spacial score (nSPS) is 14.3. The molecule has 1 aliphatic heterocycles. The number of fused-ring (bicyclic) bond motifs is 1. The molecule has 0 radical (unpaired) electrons. The maximum atomic E-state index is 11.8. The van der Waals surface area contributed by atoms with Crippen LogP contribution in [-0.2, 0) is 9.53 Å². The second kappa shape index (κ2) is 6.12. The number of benzene rings is 1. The van der Waals surface area contributed by atoms with E-state index in [4.69, 9.17) is 20.6 Å². The number of nitrogens with one attached hydrogen (secondary N) is 1. The Morgan fingerprint density at radius 3 is 2.89 bits per heavy atom. The lowest BCUT2D eigenvalue weighted by Crippen LogP contribution is -2.30. The predicted molar refractivity (Wildman–Crippen MR) is 69.0 cm³/mol. The zero-order valence-electron chi connectivity index (χ0n) is 10.6. The Balaban J connectivity index is 2.26. The number of terminal acetylenes is 1. The van der Waals surface area contributed by atoms with E-state index >= 15 is 0 Å². The first-order valence-corrected chi connectivity index (χ1v) is 5.90. The van der Waals surface area contributed by atoms with Gasteiger partial charge in [0.2, 0.25) is 0 Å². The van der Waals surface area contributed by atoms with Gasteiger partial charge in [-0.3, -0.25) is 5.32 Å². The predicted octanol–water partition coefficient (Wildman–Crippen LogP) is 0.895. The molecule has 1 aromatic carbocycles. The quantitative estimate of drug-likeness (QED) is 0.644. The topological polar surface area (TPSA) is 56.8 Å². The van der Waals surface area contributed by atoms with Crippen molar-refractivity contribution < 1.29 is 19.0 Å². The highest BCUT2D eigenvalue weighted by Crippen LogP contribution is 2.32. The third kappa shape index (κ3) is 2.98. The lowest BCUT2D eigenvalue weighted by atomic mass is 10.1. The zero-order chi connectivity index (χ0) is 13.7. The molecule has 0 spiro atoms. The van der Waals surface area contributed by atoms with Gasteiger partial charge in [-0.25, -0.2) is 4.79 Å². The van der Waals surface area contributed by atoms with E-state index < -0.39 is 12.0 Å². The van der Waals surface area contributed by atoms with Crippen LogP contribution in [0.1, 0.15) is 11.6 Å². The number of hydrogen-bond donors (Lipinski definition) is 1. The van der Waals surface area contributed by atoms with Crippen LogP contribution in [0.3, 0.4) is 0 Å². The Morgan fingerprint density at radius 2 is 2.21 bits per heavy atom. The summed E-state index contributed by atoms with van der Waals surface area (Å²) in [4.78, 5) is 11.8. The van der Waals surface area contributed by atoms with Crippen LogP contribution in [0.5, 0.6) is 11.5 Å². The second-order valence-electron chi connectivity index (χ2n) is 3.94. The van der Waals surface area contributed by atoms with Crippen LogP contribution < -0.4 is 14.8 Å². The molecule has 1 aromatic rings. The zero-order valence-corrected chi connectivity index (χ0v) is 10.6. The van der Waals surface area contributed by atoms with Gasteiger partial charge in [0, 0.05) is 0 Å². The number of ether oxygens (including phenoxy) is 3. The SMILES string of the molecule is C#CCNC(C(=O)OC)c1ccc2c(c1)OCCO2. The van der Waals surface area contributed by atoms with Crippen LogP contribution in [-0.4, -0.2) is 32.8 Å². The maximum absolute atomic E-state index is 11.8. The maximum Gasteiger partial charge on any atom is 0.327 e. The van der Waals surface area contributed by atoms with Gasteiger partial charge in [-0.2, -0.15) is 0 Å². The molecule has 0 amide bonds. The minimum absolute atomic E-state index is 0.272. The van der Waals surface area contributed by atoms with Gasteiger partial charge in [0.15, 0.2) is 11.5 Å². The smallest absolute Gasteiger partial charge is 0.327 e. The summed E-state index contributed by atoms with van der Waals surface area (Å²) >= 11 is 0. The first-order valence-electron chi connectivity index (χ1n) is 5.90. The van der Waals surface area contributed by atoms with E-state index in [2.05, 4.69) is 11.2 Å². The molecule has 2 rings (SSSR count). The Hall–Kier alpha value is -2.19. The van der Waals surface area contributed by atoms with E-state index in [1.54, 1.807) is 18.2 Å². The van der Waals surface area contributed by atoms with Gasteiger partial charge >= 0.3 is 5.97 Å². The average Bonchev–Trinajstić information content (AvgIpc) is 2.47. The summed E-state index contributed by atoms with van der Waals surface area (Å²) < 4.78 is 15.7. The van der Waals surface area contributed by atoms with E-state index in [1.165, 1.54) is 7.11 Å². The number of esters is 1. The lowest BCUT2D eigenvalue weighted by molar-refractivity contribution is -0.143. The minimum Gasteiger partial charge on any atom is -0.486 e. The van der Waals surface area contributed by atoms with E-state index in [1.807, 2.05) is 0 Å². The van der Waals surface area contributed by atoms with Gasteiger partial charge in [0.1, 0.15) is 19.3 Å². The molecule has 19 heavy (non-hydrogen) atoms. The van der Waals surface area contributed by atoms with Crippen molar-refractivity contribution in [2.75, 3.05) is 26.9 Å². The summed E-state index contributed by atoms with van der Waals surface area (Å²) in [6.07, 6.45) is 5.20. The second-order valence-corrected chi connectivity index (χ2v) is 3.94. The van der Waals surface area contributed by atoms with Crippen molar-refractivity contribution in [1.29, 1.82) is 0 Å². The molecular formula is C14H15NO4. The molecule has 0 bridgehead atoms. The van der Waals surface area contributed by atoms with Crippen molar-refractivity contribution in [2.45, 2.75) is 6.04 Å². The van der Waals surface area contributed by atoms with Crippen LogP contribution in [0.15, 0.2) is 18.2 Å². The van der Waals surface area contributed by atoms with Gasteiger partial charge in [0.05, 0.1) is 13.7 Å². The van der Waals surface area contributed by atoms with E-state index in [9.17, 15) is 4.79 Å². The lowest BCUT2D eigenvalue weighted by Gasteiger charge is -2.21. The van der Waals surface area contributed by atoms with E-state index in [0.29, 0.717) is 24.7 Å². The third-order valence-electron chi connectivity index (χ3n) is 2.74. The number of methoxy groups -OCH3 is 1. The van der Waals surface area contributed by atoms with Crippen molar-refractivity contribution in [3.63, 3.8) is 0 Å². The number of carbonyl (C=O) groups excluding carboxylic acids is 1. The fraction of sp³-hybridized carbons (Fsp3) is 0.357. The van der Waals surface area contributed by atoms with Crippen LogP contribution in [0.2, 0.25) is 0 Å². The van der Waals surface area contributed by atoms with Gasteiger partial charge in [-0.1, -0.05) is 12.0 Å². The largest absolute Gasteiger partial charge is 0.486 e. The van der Waals surface area contributed by atoms with Crippen molar-refractivity contribution in [1.82, 2.24) is 5.32 Å². The molecule has 1 aliphatic rings. The highest BCUT2D eigenvalue weighted by Gasteiger charge is 2.23. The van der Waals surface area contributed by atoms with Crippen LogP contribution >= 0.6 is 0 Å². The number of hydrogen-bond acceptors (Lipinski definition) is 5. The van der Waals surface area contributed by atoms with Gasteiger partial charge < -0.3 is 14.2 Å². The Morgan fingerprint density at radius 1 is 1.47 bits per heavy atom. The molecule has 0 aromatic heterocycles. The summed E-state index contributed by atoms with van der Waals surface area (Å²) in [5.74, 6) is 3.34. The first-order chi connectivity index (χ1) is 9.26. The molecule has 0 fully saturated rings. The van der Waals surface area contributed by atoms with E-state index in [0.717, 1.165) is 5.56 Å². The highest BCUT2D eigenvalue weighted by atomic mass is 16.6. The van der Waals surface area contributed by atoms with Crippen molar-refractivity contribution >= 4 is 5.97 Å². The number of carbonyl (C=O) groups is 1. The Kier molecular flexibility index (Phi) is 4.26. The van der Waals surface area contributed by atoms with E-state index in [-0.39, 0.29) is 6.54 Å². The molecule has 1 atom stereocenters. The molecule has 5 heteroatoms. The molecule has 5 nitrogen and oxygen atoms in total. The van der Waals surface area contributed by atoms with Gasteiger partial charge in [-0.15, -0.1) is 6.42 Å². The van der Waals surface area contributed by atoms with Crippen molar-refractivity contribution in [3.05, 3.63) is 23.8 Å². The molecule has 1 unspecified atom stereocenters. The summed E-state index contributed by atoms with van der Waals surface area (Å²) in [6.45, 7) is 1.30. The van der Waals surface area contributed by atoms with Crippen molar-refractivity contribution in [3.8, 4) is 23.8 Å². The standard InChI is InChI=1S/C14H15NO4/c1-3-6-15-13(14(16)17-2)10-4-5-11-12(9-10)19-8-7-18-11/h1,4-5,9,13,15H,6-8H2,2H3. The molecule has 1 heterocycles. The summed E-state index contributed by atoms with van der Waals surface area (Å²) in [6, 6.07) is 4.71. The molecule has 0 saturated carbocycles. The molecule has 1 N–H and O–H groups in total. The molecule has 0 saturated heterocycles. The van der Waals surface area contributed by atoms with Gasteiger partial charge in [-0.05, 0) is 17.7 Å². The van der Waals surface area contributed by atoms with Gasteiger partial charge in [0.25, 0.3) is 0 Å². The first kappa shape index (κ1) is 13.2. The molecular weight excluding hydrogens is 246 g/mol. The monoisotopic (exact) mass is 261 g/mol. The van der Waals surface area contributed by atoms with Crippen molar-refractivity contribution in [2.24, 2.45) is 0 Å². The Labute approximate surface area is 111 Å². The molecule has 100 valence electrons.